The highest BCUT2D eigenvalue weighted by Gasteiger charge is 2.20. The molecule has 20 heavy (non-hydrogen) atoms. The molecule has 2 aromatic rings. The Hall–Kier alpha value is -1.41. The lowest BCUT2D eigenvalue weighted by Gasteiger charge is -2.14. The molecule has 0 aliphatic rings. The summed E-state index contributed by atoms with van der Waals surface area (Å²) in [7, 11) is -2.31. The molecular formula is C16H19O3P. The molecule has 1 N–H and O–H groups in total. The maximum Gasteiger partial charge on any atom is 0.332 e. The molecule has 106 valence electrons. The van der Waals surface area contributed by atoms with Crippen LogP contribution in [0.15, 0.2) is 42.5 Å². The van der Waals surface area contributed by atoms with Crippen molar-refractivity contribution >= 4 is 7.60 Å². The fraction of sp³-hybridized carbons (Fsp3) is 0.250. The molecule has 2 rings (SSSR count). The fourth-order valence-electron chi connectivity index (χ4n) is 2.23. The van der Waals surface area contributed by atoms with Crippen molar-refractivity contribution in [1.29, 1.82) is 0 Å². The molecule has 0 bridgehead atoms. The largest absolute Gasteiger partial charge is 0.332 e. The maximum absolute atomic E-state index is 11.8. The first-order valence-electron chi connectivity index (χ1n) is 6.45. The van der Waals surface area contributed by atoms with Crippen molar-refractivity contribution in [3.8, 4) is 11.1 Å². The second kappa shape index (κ2) is 5.92. The maximum atomic E-state index is 11.8. The zero-order valence-corrected chi connectivity index (χ0v) is 12.9. The topological polar surface area (TPSA) is 46.5 Å². The number of benzene rings is 2. The van der Waals surface area contributed by atoms with E-state index in [9.17, 15) is 9.46 Å². The summed E-state index contributed by atoms with van der Waals surface area (Å²) in [6, 6.07) is 14.1. The van der Waals surface area contributed by atoms with Crippen LogP contribution in [-0.4, -0.2) is 12.0 Å². The highest BCUT2D eigenvalue weighted by atomic mass is 31.2. The van der Waals surface area contributed by atoms with Crippen LogP contribution in [0.25, 0.3) is 11.1 Å². The van der Waals surface area contributed by atoms with Gasteiger partial charge in [0, 0.05) is 7.11 Å². The van der Waals surface area contributed by atoms with E-state index in [0.717, 1.165) is 27.8 Å². The van der Waals surface area contributed by atoms with E-state index in [1.807, 2.05) is 50.2 Å². The monoisotopic (exact) mass is 290 g/mol. The summed E-state index contributed by atoms with van der Waals surface area (Å²) in [4.78, 5) is 9.73. The Bertz CT molecular complexity index is 665. The highest BCUT2D eigenvalue weighted by molar-refractivity contribution is 7.51. The molecule has 3 nitrogen and oxygen atoms in total. The summed E-state index contributed by atoms with van der Waals surface area (Å²) in [6.45, 7) is 4.00. The van der Waals surface area contributed by atoms with E-state index in [2.05, 4.69) is 6.07 Å². The minimum absolute atomic E-state index is 0.0223. The molecule has 0 aliphatic heterocycles. The molecule has 0 fully saturated rings. The Kier molecular flexibility index (Phi) is 4.44. The summed E-state index contributed by atoms with van der Waals surface area (Å²) in [6.07, 6.45) is 0.0223. The first-order valence-corrected chi connectivity index (χ1v) is 8.22. The molecule has 0 saturated carbocycles. The van der Waals surface area contributed by atoms with Gasteiger partial charge in [0.25, 0.3) is 0 Å². The molecule has 0 amide bonds. The van der Waals surface area contributed by atoms with E-state index in [-0.39, 0.29) is 6.16 Å². The predicted molar refractivity (Wildman–Crippen MR) is 81.9 cm³/mol. The van der Waals surface area contributed by atoms with Crippen LogP contribution in [0.1, 0.15) is 16.7 Å². The predicted octanol–water partition coefficient (Wildman–Crippen LogP) is 4.30. The number of hydrogen-bond acceptors (Lipinski definition) is 2. The summed E-state index contributed by atoms with van der Waals surface area (Å²) >= 11 is 0. The quantitative estimate of drug-likeness (QED) is 0.854. The normalized spacial score (nSPS) is 14.0. The van der Waals surface area contributed by atoms with Gasteiger partial charge in [0.15, 0.2) is 0 Å². The fourth-order valence-corrected chi connectivity index (χ4v) is 3.05. The standard InChI is InChI=1S/C16H19O3P/c1-12-5-4-6-14(9-12)16-8-7-13(2)10-15(16)11-20(17,18)19-3/h4-10H,11H2,1-3H3,(H,17,18). The van der Waals surface area contributed by atoms with Gasteiger partial charge in [-0.2, -0.15) is 0 Å². The van der Waals surface area contributed by atoms with Crippen molar-refractivity contribution in [2.75, 3.05) is 7.11 Å². The van der Waals surface area contributed by atoms with Crippen LogP contribution in [0.5, 0.6) is 0 Å². The Morgan fingerprint density at radius 3 is 2.45 bits per heavy atom. The van der Waals surface area contributed by atoms with E-state index >= 15 is 0 Å². The van der Waals surface area contributed by atoms with Crippen LogP contribution < -0.4 is 0 Å². The number of hydrogen-bond donors (Lipinski definition) is 1. The summed E-state index contributed by atoms with van der Waals surface area (Å²) < 4.78 is 16.6. The van der Waals surface area contributed by atoms with Crippen LogP contribution in [0, 0.1) is 13.8 Å². The molecule has 0 saturated heterocycles. The molecule has 2 aromatic carbocycles. The lowest BCUT2D eigenvalue weighted by Crippen LogP contribution is -1.95. The van der Waals surface area contributed by atoms with E-state index in [4.69, 9.17) is 4.52 Å². The van der Waals surface area contributed by atoms with Gasteiger partial charge < -0.3 is 9.42 Å². The Labute approximate surface area is 119 Å². The third-order valence-corrected chi connectivity index (χ3v) is 4.56. The summed E-state index contributed by atoms with van der Waals surface area (Å²) in [5, 5.41) is 0. The van der Waals surface area contributed by atoms with Crippen molar-refractivity contribution in [3.05, 3.63) is 59.2 Å². The van der Waals surface area contributed by atoms with Crippen molar-refractivity contribution in [2.45, 2.75) is 20.0 Å². The van der Waals surface area contributed by atoms with E-state index in [1.165, 1.54) is 7.11 Å². The third-order valence-electron chi connectivity index (χ3n) is 3.25. The molecule has 0 heterocycles. The average Bonchev–Trinajstić information content (AvgIpc) is 2.38. The zero-order valence-electron chi connectivity index (χ0n) is 12.0. The Morgan fingerprint density at radius 1 is 1.10 bits per heavy atom. The summed E-state index contributed by atoms with van der Waals surface area (Å²) in [5.41, 5.74) is 5.09. The van der Waals surface area contributed by atoms with Gasteiger partial charge in [-0.05, 0) is 30.5 Å². The highest BCUT2D eigenvalue weighted by Crippen LogP contribution is 2.46. The molecular weight excluding hydrogens is 271 g/mol. The second-order valence-electron chi connectivity index (χ2n) is 5.01. The van der Waals surface area contributed by atoms with Gasteiger partial charge >= 0.3 is 7.60 Å². The van der Waals surface area contributed by atoms with Gasteiger partial charge in [-0.25, -0.2) is 0 Å². The minimum Gasteiger partial charge on any atom is -0.324 e. The van der Waals surface area contributed by atoms with Crippen LogP contribution in [0.3, 0.4) is 0 Å². The van der Waals surface area contributed by atoms with Gasteiger partial charge in [-0.15, -0.1) is 0 Å². The molecule has 0 aliphatic carbocycles. The van der Waals surface area contributed by atoms with Gasteiger partial charge in [-0.1, -0.05) is 53.6 Å². The average molecular weight is 290 g/mol. The molecule has 1 atom stereocenters. The molecule has 0 spiro atoms. The number of rotatable bonds is 4. The van der Waals surface area contributed by atoms with Gasteiger partial charge in [0.2, 0.25) is 0 Å². The van der Waals surface area contributed by atoms with Gasteiger partial charge in [0.05, 0.1) is 6.16 Å². The smallest absolute Gasteiger partial charge is 0.324 e. The Morgan fingerprint density at radius 2 is 1.80 bits per heavy atom. The summed E-state index contributed by atoms with van der Waals surface area (Å²) in [5.74, 6) is 0. The second-order valence-corrected chi connectivity index (χ2v) is 6.96. The molecule has 0 aromatic heterocycles. The first kappa shape index (κ1) is 15.0. The van der Waals surface area contributed by atoms with Gasteiger partial charge in [-0.3, -0.25) is 4.57 Å². The van der Waals surface area contributed by atoms with Gasteiger partial charge in [0.1, 0.15) is 0 Å². The van der Waals surface area contributed by atoms with E-state index < -0.39 is 7.60 Å². The van der Waals surface area contributed by atoms with Crippen LogP contribution in [-0.2, 0) is 15.3 Å². The lowest BCUT2D eigenvalue weighted by molar-refractivity contribution is 0.314. The molecule has 4 heteroatoms. The van der Waals surface area contributed by atoms with Crippen molar-refractivity contribution < 1.29 is 14.0 Å². The third kappa shape index (κ3) is 3.57. The zero-order chi connectivity index (χ0) is 14.8. The van der Waals surface area contributed by atoms with Crippen molar-refractivity contribution in [1.82, 2.24) is 0 Å². The van der Waals surface area contributed by atoms with E-state index in [0.29, 0.717) is 0 Å². The van der Waals surface area contributed by atoms with Crippen molar-refractivity contribution in [2.24, 2.45) is 0 Å². The first-order chi connectivity index (χ1) is 9.41. The molecule has 1 unspecified atom stereocenters. The number of aryl methyl sites for hydroxylation is 2. The lowest BCUT2D eigenvalue weighted by atomic mass is 9.97. The van der Waals surface area contributed by atoms with E-state index in [1.54, 1.807) is 0 Å². The van der Waals surface area contributed by atoms with Crippen LogP contribution >= 0.6 is 7.60 Å². The van der Waals surface area contributed by atoms with Crippen LogP contribution in [0.2, 0.25) is 0 Å². The SMILES string of the molecule is COP(=O)(O)Cc1cc(C)ccc1-c1cccc(C)c1. The molecule has 0 radical (unpaired) electrons. The Balaban J connectivity index is 2.51. The van der Waals surface area contributed by atoms with Crippen molar-refractivity contribution in [3.63, 3.8) is 0 Å². The minimum atomic E-state index is -3.57. The van der Waals surface area contributed by atoms with Crippen LogP contribution in [0.4, 0.5) is 0 Å².